The molecule has 0 atom stereocenters. The predicted octanol–water partition coefficient (Wildman–Crippen LogP) is 6.17. The molecule has 24 heavy (non-hydrogen) atoms. The standard InChI is InChI=1S/C20H14BrClN2/c21-16-10-8-14(9-11-16)13-24-19-7-2-1-6-18(19)23-20(24)15-4-3-5-17(22)12-15/h1-12H,13H2. The number of hydrogen-bond donors (Lipinski definition) is 0. The summed E-state index contributed by atoms with van der Waals surface area (Å²) in [5.41, 5.74) is 4.36. The van der Waals surface area contributed by atoms with E-state index < -0.39 is 0 Å². The highest BCUT2D eigenvalue weighted by atomic mass is 79.9. The molecule has 0 aliphatic carbocycles. The Bertz CT molecular complexity index is 1010. The summed E-state index contributed by atoms with van der Waals surface area (Å²) >= 11 is 9.67. The smallest absolute Gasteiger partial charge is 0.141 e. The van der Waals surface area contributed by atoms with Crippen molar-refractivity contribution in [3.05, 3.63) is 87.9 Å². The van der Waals surface area contributed by atoms with Gasteiger partial charge in [-0.1, -0.05) is 63.9 Å². The number of rotatable bonds is 3. The molecule has 0 fully saturated rings. The first-order valence-corrected chi connectivity index (χ1v) is 8.83. The van der Waals surface area contributed by atoms with Gasteiger partial charge in [-0.15, -0.1) is 0 Å². The molecule has 0 bridgehead atoms. The average Bonchev–Trinajstić information content (AvgIpc) is 2.96. The monoisotopic (exact) mass is 396 g/mol. The molecule has 0 radical (unpaired) electrons. The lowest BCUT2D eigenvalue weighted by atomic mass is 10.2. The molecular formula is C20H14BrClN2. The zero-order valence-corrected chi connectivity index (χ0v) is 15.1. The molecule has 0 aliphatic heterocycles. The second-order valence-electron chi connectivity index (χ2n) is 5.65. The molecule has 2 nitrogen and oxygen atoms in total. The fourth-order valence-electron chi connectivity index (χ4n) is 2.86. The molecule has 4 aromatic rings. The normalized spacial score (nSPS) is 11.1. The first-order valence-electron chi connectivity index (χ1n) is 7.66. The molecule has 0 unspecified atom stereocenters. The molecule has 0 N–H and O–H groups in total. The van der Waals surface area contributed by atoms with Gasteiger partial charge in [-0.3, -0.25) is 0 Å². The number of hydrogen-bond acceptors (Lipinski definition) is 1. The van der Waals surface area contributed by atoms with Crippen molar-refractivity contribution in [3.63, 3.8) is 0 Å². The van der Waals surface area contributed by atoms with Gasteiger partial charge in [0, 0.05) is 21.6 Å². The molecule has 0 aliphatic rings. The number of benzene rings is 3. The van der Waals surface area contributed by atoms with Crippen LogP contribution >= 0.6 is 27.5 Å². The van der Waals surface area contributed by atoms with Gasteiger partial charge in [0.1, 0.15) is 5.82 Å². The maximum Gasteiger partial charge on any atom is 0.141 e. The lowest BCUT2D eigenvalue weighted by Crippen LogP contribution is -2.02. The second-order valence-corrected chi connectivity index (χ2v) is 7.00. The third-order valence-corrected chi connectivity index (χ3v) is 4.76. The third kappa shape index (κ3) is 2.97. The van der Waals surface area contributed by atoms with Gasteiger partial charge >= 0.3 is 0 Å². The SMILES string of the molecule is Clc1cccc(-c2nc3ccccc3n2Cc2ccc(Br)cc2)c1. The average molecular weight is 398 g/mol. The first-order chi connectivity index (χ1) is 11.7. The van der Waals surface area contributed by atoms with E-state index >= 15 is 0 Å². The van der Waals surface area contributed by atoms with Crippen LogP contribution in [0.4, 0.5) is 0 Å². The number of aromatic nitrogens is 2. The molecule has 0 saturated heterocycles. The van der Waals surface area contributed by atoms with Crippen LogP contribution in [0.5, 0.6) is 0 Å². The fraction of sp³-hybridized carbons (Fsp3) is 0.0500. The molecule has 3 aromatic carbocycles. The van der Waals surface area contributed by atoms with Crippen LogP contribution in [0.15, 0.2) is 77.3 Å². The first kappa shape index (κ1) is 15.4. The summed E-state index contributed by atoms with van der Waals surface area (Å²) in [6, 6.07) is 24.4. The molecule has 4 heteroatoms. The summed E-state index contributed by atoms with van der Waals surface area (Å²) in [5, 5.41) is 0.717. The summed E-state index contributed by atoms with van der Waals surface area (Å²) in [4.78, 5) is 4.83. The Labute approximate surface area is 153 Å². The van der Waals surface area contributed by atoms with Crippen LogP contribution in [0.1, 0.15) is 5.56 Å². The van der Waals surface area contributed by atoms with Crippen LogP contribution in [-0.2, 0) is 6.54 Å². The molecule has 0 amide bonds. The molecule has 118 valence electrons. The molecule has 1 aromatic heterocycles. The Balaban J connectivity index is 1.88. The van der Waals surface area contributed by atoms with Crippen LogP contribution in [0.2, 0.25) is 5.02 Å². The van der Waals surface area contributed by atoms with Gasteiger partial charge in [-0.05, 0) is 42.0 Å². The summed E-state index contributed by atoms with van der Waals surface area (Å²) in [6.45, 7) is 0.760. The maximum atomic E-state index is 6.18. The number of halogens is 2. The van der Waals surface area contributed by atoms with Gasteiger partial charge < -0.3 is 4.57 Å². The predicted molar refractivity (Wildman–Crippen MR) is 103 cm³/mol. The third-order valence-electron chi connectivity index (χ3n) is 3.99. The van der Waals surface area contributed by atoms with E-state index in [4.69, 9.17) is 16.6 Å². The van der Waals surface area contributed by atoms with Crippen molar-refractivity contribution in [2.24, 2.45) is 0 Å². The lowest BCUT2D eigenvalue weighted by Gasteiger charge is -2.10. The maximum absolute atomic E-state index is 6.18. The second kappa shape index (κ2) is 6.42. The van der Waals surface area contributed by atoms with E-state index in [2.05, 4.69) is 50.8 Å². The van der Waals surface area contributed by atoms with Crippen LogP contribution < -0.4 is 0 Å². The van der Waals surface area contributed by atoms with Crippen molar-refractivity contribution < 1.29 is 0 Å². The molecule has 4 rings (SSSR count). The highest BCUT2D eigenvalue weighted by molar-refractivity contribution is 9.10. The van der Waals surface area contributed by atoms with Gasteiger partial charge in [0.2, 0.25) is 0 Å². The summed E-state index contributed by atoms with van der Waals surface area (Å²) in [6.07, 6.45) is 0. The van der Waals surface area contributed by atoms with Gasteiger partial charge in [0.15, 0.2) is 0 Å². The van der Waals surface area contributed by atoms with E-state index in [1.54, 1.807) is 0 Å². The number of para-hydroxylation sites is 2. The van der Waals surface area contributed by atoms with Gasteiger partial charge in [-0.2, -0.15) is 0 Å². The van der Waals surface area contributed by atoms with E-state index in [0.717, 1.165) is 38.5 Å². The molecular weight excluding hydrogens is 384 g/mol. The van der Waals surface area contributed by atoms with Crippen LogP contribution in [-0.4, -0.2) is 9.55 Å². The van der Waals surface area contributed by atoms with Crippen LogP contribution in [0.3, 0.4) is 0 Å². The number of nitrogens with zero attached hydrogens (tertiary/aromatic N) is 2. The van der Waals surface area contributed by atoms with E-state index in [-0.39, 0.29) is 0 Å². The van der Waals surface area contributed by atoms with E-state index in [0.29, 0.717) is 0 Å². The largest absolute Gasteiger partial charge is 0.319 e. The molecule has 0 saturated carbocycles. The minimum Gasteiger partial charge on any atom is -0.319 e. The zero-order valence-electron chi connectivity index (χ0n) is 12.8. The van der Waals surface area contributed by atoms with Gasteiger partial charge in [-0.25, -0.2) is 4.98 Å². The Morgan fingerprint density at radius 2 is 1.71 bits per heavy atom. The fourth-order valence-corrected chi connectivity index (χ4v) is 3.31. The topological polar surface area (TPSA) is 17.8 Å². The highest BCUT2D eigenvalue weighted by Crippen LogP contribution is 2.27. The Morgan fingerprint density at radius 1 is 0.917 bits per heavy atom. The Kier molecular flexibility index (Phi) is 4.13. The van der Waals surface area contributed by atoms with Crippen molar-refractivity contribution in [1.29, 1.82) is 0 Å². The van der Waals surface area contributed by atoms with Gasteiger partial charge in [0.05, 0.1) is 11.0 Å². The zero-order chi connectivity index (χ0) is 16.5. The minimum absolute atomic E-state index is 0.717. The van der Waals surface area contributed by atoms with E-state index in [1.165, 1.54) is 5.56 Å². The van der Waals surface area contributed by atoms with Crippen molar-refractivity contribution in [1.82, 2.24) is 9.55 Å². The van der Waals surface area contributed by atoms with E-state index in [9.17, 15) is 0 Å². The molecule has 0 spiro atoms. The minimum atomic E-state index is 0.717. The summed E-state index contributed by atoms with van der Waals surface area (Å²) in [7, 11) is 0. The van der Waals surface area contributed by atoms with Crippen molar-refractivity contribution in [2.45, 2.75) is 6.54 Å². The molecule has 1 heterocycles. The van der Waals surface area contributed by atoms with Crippen LogP contribution in [0.25, 0.3) is 22.4 Å². The highest BCUT2D eigenvalue weighted by Gasteiger charge is 2.13. The quantitative estimate of drug-likeness (QED) is 0.404. The lowest BCUT2D eigenvalue weighted by molar-refractivity contribution is 0.834. The van der Waals surface area contributed by atoms with Crippen molar-refractivity contribution in [3.8, 4) is 11.4 Å². The Hall–Kier alpha value is -2.10. The number of imidazole rings is 1. The van der Waals surface area contributed by atoms with Gasteiger partial charge in [0.25, 0.3) is 0 Å². The Morgan fingerprint density at radius 3 is 2.50 bits per heavy atom. The van der Waals surface area contributed by atoms with Crippen molar-refractivity contribution >= 4 is 38.6 Å². The summed E-state index contributed by atoms with van der Waals surface area (Å²) < 4.78 is 3.32. The van der Waals surface area contributed by atoms with Crippen molar-refractivity contribution in [2.75, 3.05) is 0 Å². The van der Waals surface area contributed by atoms with Crippen LogP contribution in [0, 0.1) is 0 Å². The number of fused-ring (bicyclic) bond motifs is 1. The summed E-state index contributed by atoms with van der Waals surface area (Å²) in [5.74, 6) is 0.932. The van der Waals surface area contributed by atoms with E-state index in [1.807, 2.05) is 42.5 Å².